The Bertz CT molecular complexity index is 1060. The second-order valence-corrected chi connectivity index (χ2v) is 8.43. The second-order valence-electron chi connectivity index (χ2n) is 7.21. The van der Waals surface area contributed by atoms with Crippen LogP contribution in [0.5, 0.6) is 5.75 Å². The Morgan fingerprint density at radius 2 is 2.10 bits per heavy atom. The Balaban J connectivity index is 1.55. The minimum Gasteiger partial charge on any atom is -0.420 e. The molecule has 1 N–H and O–H groups in total. The highest BCUT2D eigenvalue weighted by Gasteiger charge is 2.27. The Morgan fingerprint density at radius 3 is 2.71 bits per heavy atom. The van der Waals surface area contributed by atoms with E-state index in [2.05, 4.69) is 36.2 Å². The number of hydrogen-bond donors (Lipinski definition) is 1. The van der Waals surface area contributed by atoms with Crippen LogP contribution in [-0.2, 0) is 0 Å². The molecule has 1 saturated heterocycles. The highest BCUT2D eigenvalue weighted by molar-refractivity contribution is 7.09. The molecule has 2 aromatic heterocycles. The topological polar surface area (TPSA) is 80.2 Å². The van der Waals surface area contributed by atoms with Crippen LogP contribution in [-0.4, -0.2) is 38.9 Å². The van der Waals surface area contributed by atoms with E-state index in [0.717, 1.165) is 30.9 Å². The molecule has 3 heterocycles. The molecule has 0 aliphatic carbocycles. The molecule has 162 valence electrons. The molecule has 7 nitrogen and oxygen atoms in total. The SMILES string of the molecule is C[C@@H]1CCN(c2ncc(C(=O)Nc3ccc(OC(F)(F)Cl)cc3)cc2-c2ncns2)C1. The Kier molecular flexibility index (Phi) is 6.01. The van der Waals surface area contributed by atoms with Crippen molar-refractivity contribution in [3.63, 3.8) is 0 Å². The van der Waals surface area contributed by atoms with Gasteiger partial charge in [0.25, 0.3) is 5.91 Å². The molecule has 0 saturated carbocycles. The zero-order valence-electron chi connectivity index (χ0n) is 16.4. The van der Waals surface area contributed by atoms with Crippen LogP contribution in [0.25, 0.3) is 10.6 Å². The average Bonchev–Trinajstić information content (AvgIpc) is 3.40. The van der Waals surface area contributed by atoms with Crippen molar-refractivity contribution in [1.82, 2.24) is 14.3 Å². The second kappa shape index (κ2) is 8.72. The first kappa shape index (κ1) is 21.4. The third-order valence-electron chi connectivity index (χ3n) is 4.79. The number of nitrogens with zero attached hydrogens (tertiary/aromatic N) is 4. The Morgan fingerprint density at radius 1 is 1.32 bits per heavy atom. The molecule has 11 heteroatoms. The van der Waals surface area contributed by atoms with Crippen molar-refractivity contribution < 1.29 is 18.3 Å². The van der Waals surface area contributed by atoms with Crippen molar-refractivity contribution in [3.8, 4) is 16.3 Å². The van der Waals surface area contributed by atoms with E-state index in [1.807, 2.05) is 0 Å². The first-order chi connectivity index (χ1) is 14.8. The fourth-order valence-corrected chi connectivity index (χ4v) is 3.98. The molecule has 3 aromatic rings. The monoisotopic (exact) mass is 465 g/mol. The lowest BCUT2D eigenvalue weighted by Crippen LogP contribution is -2.22. The molecule has 0 bridgehead atoms. The van der Waals surface area contributed by atoms with Crippen molar-refractivity contribution in [2.24, 2.45) is 5.92 Å². The summed E-state index contributed by atoms with van der Waals surface area (Å²) in [6.45, 7) is 3.97. The summed E-state index contributed by atoms with van der Waals surface area (Å²) >= 11 is 5.99. The van der Waals surface area contributed by atoms with Crippen LogP contribution in [0.1, 0.15) is 23.7 Å². The summed E-state index contributed by atoms with van der Waals surface area (Å²) in [5.74, 6) is 0.831. The third kappa shape index (κ3) is 5.26. The number of aromatic nitrogens is 3. The number of pyridine rings is 1. The van der Waals surface area contributed by atoms with Crippen LogP contribution in [0.2, 0.25) is 0 Å². The highest BCUT2D eigenvalue weighted by atomic mass is 35.5. The van der Waals surface area contributed by atoms with Gasteiger partial charge in [-0.1, -0.05) is 6.92 Å². The molecule has 0 unspecified atom stereocenters. The van der Waals surface area contributed by atoms with Crippen LogP contribution < -0.4 is 15.0 Å². The van der Waals surface area contributed by atoms with Crippen molar-refractivity contribution >= 4 is 40.5 Å². The quantitative estimate of drug-likeness (QED) is 0.523. The van der Waals surface area contributed by atoms with Gasteiger partial charge in [-0.25, -0.2) is 9.97 Å². The Labute approximate surface area is 186 Å². The van der Waals surface area contributed by atoms with Gasteiger partial charge < -0.3 is 15.0 Å². The number of anilines is 2. The average molecular weight is 466 g/mol. The third-order valence-corrected chi connectivity index (χ3v) is 5.56. The van der Waals surface area contributed by atoms with Crippen LogP contribution in [0.3, 0.4) is 0 Å². The predicted octanol–water partition coefficient (Wildman–Crippen LogP) is 4.87. The minimum atomic E-state index is -3.80. The maximum Gasteiger partial charge on any atom is 0.487 e. The number of amides is 1. The van der Waals surface area contributed by atoms with Crippen LogP contribution in [0, 0.1) is 5.92 Å². The summed E-state index contributed by atoms with van der Waals surface area (Å²) in [6.07, 6.45) is 4.07. The zero-order chi connectivity index (χ0) is 22.0. The molecule has 0 radical (unpaired) electrons. The molecular weight excluding hydrogens is 448 g/mol. The summed E-state index contributed by atoms with van der Waals surface area (Å²) < 4.78 is 33.8. The lowest BCUT2D eigenvalue weighted by molar-refractivity contribution is -0.0964. The van der Waals surface area contributed by atoms with Crippen LogP contribution in [0.4, 0.5) is 20.3 Å². The molecule has 1 aliphatic rings. The van der Waals surface area contributed by atoms with Crippen LogP contribution in [0.15, 0.2) is 42.9 Å². The number of benzene rings is 1. The molecule has 0 spiro atoms. The van der Waals surface area contributed by atoms with Gasteiger partial charge in [-0.15, -0.1) is 8.78 Å². The number of carbonyl (C=O) groups is 1. The summed E-state index contributed by atoms with van der Waals surface area (Å²) in [7, 11) is 0. The van der Waals surface area contributed by atoms with Crippen molar-refractivity contribution in [1.29, 1.82) is 0 Å². The number of rotatable bonds is 6. The van der Waals surface area contributed by atoms with E-state index in [0.29, 0.717) is 22.2 Å². The van der Waals surface area contributed by atoms with Gasteiger partial charge in [0.05, 0.1) is 11.1 Å². The van der Waals surface area contributed by atoms with E-state index in [-0.39, 0.29) is 5.75 Å². The lowest BCUT2D eigenvalue weighted by Gasteiger charge is -2.20. The molecule has 31 heavy (non-hydrogen) atoms. The molecule has 4 rings (SSSR count). The van der Waals surface area contributed by atoms with Crippen LogP contribution >= 0.6 is 23.1 Å². The van der Waals surface area contributed by atoms with Crippen molar-refractivity contribution in [3.05, 3.63) is 48.4 Å². The summed E-state index contributed by atoms with van der Waals surface area (Å²) in [6, 6.07) is 7.19. The van der Waals surface area contributed by atoms with E-state index in [1.165, 1.54) is 48.3 Å². The Hall–Kier alpha value is -2.85. The number of nitrogens with one attached hydrogen (secondary N) is 1. The summed E-state index contributed by atoms with van der Waals surface area (Å²) in [5.41, 5.74) is -2.30. The van der Waals surface area contributed by atoms with E-state index in [9.17, 15) is 13.6 Å². The maximum absolute atomic E-state index is 12.8. The van der Waals surface area contributed by atoms with Gasteiger partial charge in [-0.05, 0) is 54.2 Å². The first-order valence-electron chi connectivity index (χ1n) is 9.48. The van der Waals surface area contributed by atoms with E-state index in [1.54, 1.807) is 6.07 Å². The van der Waals surface area contributed by atoms with Gasteiger partial charge in [-0.2, -0.15) is 4.37 Å². The largest absolute Gasteiger partial charge is 0.487 e. The number of halogens is 3. The molecule has 1 amide bonds. The standard InChI is InChI=1S/C20H18ClF2N5O2S/c1-12-6-7-28(10-12)17-16(19-25-11-26-31-19)8-13(9-24-17)18(29)27-14-2-4-15(5-3-14)30-20(21,22)23/h2-5,8-9,11-12H,6-7,10H2,1H3,(H,27,29)/t12-/m1/s1. The zero-order valence-corrected chi connectivity index (χ0v) is 18.0. The number of alkyl halides is 3. The van der Waals surface area contributed by atoms with E-state index >= 15 is 0 Å². The van der Waals surface area contributed by atoms with Gasteiger partial charge in [-0.3, -0.25) is 4.79 Å². The van der Waals surface area contributed by atoms with Gasteiger partial charge in [0.2, 0.25) is 0 Å². The van der Waals surface area contributed by atoms with Crippen molar-refractivity contribution in [2.45, 2.75) is 18.9 Å². The maximum atomic E-state index is 12.8. The number of ether oxygens (including phenoxy) is 1. The summed E-state index contributed by atoms with van der Waals surface area (Å²) in [4.78, 5) is 23.8. The van der Waals surface area contributed by atoms with Gasteiger partial charge in [0, 0.05) is 36.6 Å². The predicted molar refractivity (Wildman–Crippen MR) is 115 cm³/mol. The summed E-state index contributed by atoms with van der Waals surface area (Å²) in [5, 5.41) is 3.40. The highest BCUT2D eigenvalue weighted by Crippen LogP contribution is 2.33. The number of hydrogen-bond acceptors (Lipinski definition) is 7. The minimum absolute atomic E-state index is 0.123. The van der Waals surface area contributed by atoms with E-state index < -0.39 is 11.5 Å². The van der Waals surface area contributed by atoms with Gasteiger partial charge in [0.1, 0.15) is 22.9 Å². The fourth-order valence-electron chi connectivity index (χ4n) is 3.35. The normalized spacial score (nSPS) is 16.4. The van der Waals surface area contributed by atoms with Gasteiger partial charge >= 0.3 is 5.57 Å². The molecule has 1 aliphatic heterocycles. The smallest absolute Gasteiger partial charge is 0.420 e. The number of carbonyl (C=O) groups excluding carboxylic acids is 1. The van der Waals surface area contributed by atoms with E-state index in [4.69, 9.17) is 11.6 Å². The van der Waals surface area contributed by atoms with Crippen molar-refractivity contribution in [2.75, 3.05) is 23.3 Å². The lowest BCUT2D eigenvalue weighted by atomic mass is 10.1. The van der Waals surface area contributed by atoms with Gasteiger partial charge in [0.15, 0.2) is 0 Å². The molecule has 1 fully saturated rings. The molecule has 1 aromatic carbocycles. The molecule has 1 atom stereocenters. The fraction of sp³-hybridized carbons (Fsp3) is 0.300. The molecular formula is C20H18ClF2N5O2S. The first-order valence-corrected chi connectivity index (χ1v) is 10.6.